The van der Waals surface area contributed by atoms with E-state index in [0.29, 0.717) is 5.69 Å². The van der Waals surface area contributed by atoms with Gasteiger partial charge in [0.2, 0.25) is 5.91 Å². The number of amides is 2. The summed E-state index contributed by atoms with van der Waals surface area (Å²) in [4.78, 5) is 29.3. The lowest BCUT2D eigenvalue weighted by Gasteiger charge is -2.29. The lowest BCUT2D eigenvalue weighted by Crippen LogP contribution is -2.50. The second-order valence-corrected chi connectivity index (χ2v) is 7.23. The van der Waals surface area contributed by atoms with Gasteiger partial charge in [0.1, 0.15) is 16.7 Å². The average molecular weight is 357 g/mol. The summed E-state index contributed by atoms with van der Waals surface area (Å²) in [5, 5.41) is 8.15. The van der Waals surface area contributed by atoms with Crippen LogP contribution in [0.1, 0.15) is 42.6 Å². The fourth-order valence-corrected chi connectivity index (χ4v) is 4.13. The van der Waals surface area contributed by atoms with E-state index in [1.54, 1.807) is 12.4 Å². The Bertz CT molecular complexity index is 723. The Labute approximate surface area is 151 Å². The van der Waals surface area contributed by atoms with E-state index < -0.39 is 6.04 Å². The lowest BCUT2D eigenvalue weighted by atomic mass is 9.83. The van der Waals surface area contributed by atoms with E-state index in [1.807, 2.05) is 30.3 Å². The minimum Gasteiger partial charge on any atom is -0.357 e. The number of benzene rings is 1. The summed E-state index contributed by atoms with van der Waals surface area (Å²) in [7, 11) is 1.61. The molecule has 132 valence electrons. The fraction of sp³-hybridized carbons (Fsp3) is 0.421. The molecule has 1 aliphatic rings. The van der Waals surface area contributed by atoms with Crippen LogP contribution in [0.25, 0.3) is 10.6 Å². The normalized spacial score (nSPS) is 16.2. The van der Waals surface area contributed by atoms with Gasteiger partial charge in [-0.2, -0.15) is 0 Å². The molecule has 2 aromatic rings. The van der Waals surface area contributed by atoms with Crippen LogP contribution in [0, 0.1) is 5.92 Å². The number of likely N-dealkylation sites (N-methyl/N-ethyl adjacent to an activating group) is 1. The third kappa shape index (κ3) is 4.25. The number of nitrogens with zero attached hydrogens (tertiary/aromatic N) is 1. The molecule has 2 amide bonds. The van der Waals surface area contributed by atoms with Crippen molar-refractivity contribution in [2.24, 2.45) is 5.92 Å². The van der Waals surface area contributed by atoms with Gasteiger partial charge in [-0.15, -0.1) is 11.3 Å². The van der Waals surface area contributed by atoms with Crippen LogP contribution in [0.2, 0.25) is 0 Å². The number of rotatable bonds is 5. The molecule has 0 radical (unpaired) electrons. The number of hydrogen-bond donors (Lipinski definition) is 2. The zero-order valence-corrected chi connectivity index (χ0v) is 15.1. The van der Waals surface area contributed by atoms with Gasteiger partial charge in [-0.25, -0.2) is 4.98 Å². The van der Waals surface area contributed by atoms with E-state index in [4.69, 9.17) is 0 Å². The maximum Gasteiger partial charge on any atom is 0.271 e. The highest BCUT2D eigenvalue weighted by atomic mass is 32.1. The quantitative estimate of drug-likeness (QED) is 0.863. The van der Waals surface area contributed by atoms with Gasteiger partial charge in [-0.05, 0) is 18.8 Å². The van der Waals surface area contributed by atoms with Crippen LogP contribution in [-0.2, 0) is 4.79 Å². The smallest absolute Gasteiger partial charge is 0.271 e. The first-order valence-electron chi connectivity index (χ1n) is 8.72. The van der Waals surface area contributed by atoms with Gasteiger partial charge in [0, 0.05) is 18.0 Å². The molecule has 1 atom stereocenters. The van der Waals surface area contributed by atoms with Gasteiger partial charge < -0.3 is 10.6 Å². The first kappa shape index (κ1) is 17.6. The van der Waals surface area contributed by atoms with E-state index in [9.17, 15) is 9.59 Å². The van der Waals surface area contributed by atoms with Crippen molar-refractivity contribution in [3.05, 3.63) is 41.4 Å². The summed E-state index contributed by atoms with van der Waals surface area (Å²) in [6.45, 7) is 0. The van der Waals surface area contributed by atoms with Crippen LogP contribution < -0.4 is 10.6 Å². The molecule has 0 unspecified atom stereocenters. The monoisotopic (exact) mass is 357 g/mol. The maximum absolute atomic E-state index is 12.6. The van der Waals surface area contributed by atoms with Crippen LogP contribution in [0.15, 0.2) is 35.7 Å². The predicted octanol–water partition coefficient (Wildman–Crippen LogP) is 3.23. The van der Waals surface area contributed by atoms with E-state index in [2.05, 4.69) is 15.6 Å². The molecule has 0 saturated heterocycles. The Kier molecular flexibility index (Phi) is 5.81. The molecule has 1 heterocycles. The number of hydrogen-bond acceptors (Lipinski definition) is 4. The molecule has 1 fully saturated rings. The molecule has 5 nitrogen and oxygen atoms in total. The summed E-state index contributed by atoms with van der Waals surface area (Å²) in [5.41, 5.74) is 1.36. The van der Waals surface area contributed by atoms with Gasteiger partial charge in [-0.1, -0.05) is 49.6 Å². The van der Waals surface area contributed by atoms with Gasteiger partial charge in [0.25, 0.3) is 5.91 Å². The largest absolute Gasteiger partial charge is 0.357 e. The SMILES string of the molecule is CNC(=O)[C@@H](NC(=O)c1csc(-c2ccccc2)n1)C1CCCCC1. The highest BCUT2D eigenvalue weighted by Crippen LogP contribution is 2.27. The molecule has 6 heteroatoms. The fourth-order valence-electron chi connectivity index (χ4n) is 3.33. The Morgan fingerprint density at radius 1 is 1.16 bits per heavy atom. The van der Waals surface area contributed by atoms with Crippen LogP contribution in [0.5, 0.6) is 0 Å². The van der Waals surface area contributed by atoms with E-state index >= 15 is 0 Å². The van der Waals surface area contributed by atoms with E-state index in [1.165, 1.54) is 17.8 Å². The Hall–Kier alpha value is -2.21. The second-order valence-electron chi connectivity index (χ2n) is 6.37. The van der Waals surface area contributed by atoms with Crippen molar-refractivity contribution in [1.82, 2.24) is 15.6 Å². The van der Waals surface area contributed by atoms with Crippen molar-refractivity contribution in [3.63, 3.8) is 0 Å². The summed E-state index contributed by atoms with van der Waals surface area (Å²) >= 11 is 1.44. The molecule has 25 heavy (non-hydrogen) atoms. The van der Waals surface area contributed by atoms with Crippen LogP contribution in [-0.4, -0.2) is 29.9 Å². The van der Waals surface area contributed by atoms with Gasteiger partial charge in [-0.3, -0.25) is 9.59 Å². The van der Waals surface area contributed by atoms with E-state index in [0.717, 1.165) is 36.3 Å². The second kappa shape index (κ2) is 8.25. The number of carbonyl (C=O) groups excluding carboxylic acids is 2. The third-order valence-electron chi connectivity index (χ3n) is 4.69. The number of nitrogens with one attached hydrogen (secondary N) is 2. The highest BCUT2D eigenvalue weighted by molar-refractivity contribution is 7.13. The molecule has 1 saturated carbocycles. The third-order valence-corrected chi connectivity index (χ3v) is 5.59. The van der Waals surface area contributed by atoms with Crippen molar-refractivity contribution < 1.29 is 9.59 Å². The standard InChI is InChI=1S/C19H23N3O2S/c1-20-18(24)16(13-8-4-2-5-9-13)22-17(23)15-12-25-19(21-15)14-10-6-3-7-11-14/h3,6-7,10-13,16H,2,4-5,8-9H2,1H3,(H,20,24)(H,22,23)/t16-/m0/s1. The van der Waals surface area contributed by atoms with Gasteiger partial charge >= 0.3 is 0 Å². The zero-order valence-electron chi connectivity index (χ0n) is 14.3. The van der Waals surface area contributed by atoms with Crippen molar-refractivity contribution in [2.75, 3.05) is 7.05 Å². The van der Waals surface area contributed by atoms with Crippen molar-refractivity contribution >= 4 is 23.2 Å². The van der Waals surface area contributed by atoms with Gasteiger partial charge in [0.15, 0.2) is 0 Å². The predicted molar refractivity (Wildman–Crippen MR) is 99.4 cm³/mol. The molecule has 0 spiro atoms. The minimum absolute atomic E-state index is 0.126. The molecule has 1 aliphatic carbocycles. The topological polar surface area (TPSA) is 71.1 Å². The molecule has 1 aromatic carbocycles. The highest BCUT2D eigenvalue weighted by Gasteiger charge is 2.31. The van der Waals surface area contributed by atoms with E-state index in [-0.39, 0.29) is 17.7 Å². The lowest BCUT2D eigenvalue weighted by molar-refractivity contribution is -0.124. The van der Waals surface area contributed by atoms with Crippen LogP contribution in [0.3, 0.4) is 0 Å². The Morgan fingerprint density at radius 2 is 1.88 bits per heavy atom. The molecule has 0 aliphatic heterocycles. The molecule has 3 rings (SSSR count). The summed E-state index contributed by atoms with van der Waals surface area (Å²) in [5.74, 6) is -0.207. The van der Waals surface area contributed by atoms with Crippen molar-refractivity contribution in [2.45, 2.75) is 38.1 Å². The van der Waals surface area contributed by atoms with Crippen LogP contribution in [0.4, 0.5) is 0 Å². The molecule has 1 aromatic heterocycles. The minimum atomic E-state index is -0.486. The number of thiazole rings is 1. The first-order valence-corrected chi connectivity index (χ1v) is 9.60. The number of carbonyl (C=O) groups is 2. The van der Waals surface area contributed by atoms with Crippen molar-refractivity contribution in [3.8, 4) is 10.6 Å². The molecular formula is C19H23N3O2S. The zero-order chi connectivity index (χ0) is 17.6. The Balaban J connectivity index is 1.73. The van der Waals surface area contributed by atoms with Gasteiger partial charge in [0.05, 0.1) is 0 Å². The summed E-state index contributed by atoms with van der Waals surface area (Å²) in [6.07, 6.45) is 5.39. The Morgan fingerprint density at radius 3 is 2.56 bits per heavy atom. The molecule has 0 bridgehead atoms. The van der Waals surface area contributed by atoms with Crippen molar-refractivity contribution in [1.29, 1.82) is 0 Å². The average Bonchev–Trinajstić information content (AvgIpc) is 3.17. The molecule has 2 N–H and O–H groups in total. The summed E-state index contributed by atoms with van der Waals surface area (Å²) in [6, 6.07) is 9.29. The maximum atomic E-state index is 12.6. The summed E-state index contributed by atoms with van der Waals surface area (Å²) < 4.78 is 0. The first-order chi connectivity index (χ1) is 12.2. The molecular weight excluding hydrogens is 334 g/mol. The number of aromatic nitrogens is 1. The van der Waals surface area contributed by atoms with Crippen LogP contribution >= 0.6 is 11.3 Å².